The monoisotopic (exact) mass is 207 g/mol. The summed E-state index contributed by atoms with van der Waals surface area (Å²) in [5.74, 6) is 4.38. The molecule has 1 saturated carbocycles. The lowest BCUT2D eigenvalue weighted by Crippen LogP contribution is -2.37. The van der Waals surface area contributed by atoms with Gasteiger partial charge in [-0.25, -0.2) is 0 Å². The Kier molecular flexibility index (Phi) is 5.69. The maximum Gasteiger partial charge on any atom is 0.192 e. The average molecular weight is 207 g/mol. The molecule has 0 bridgehead atoms. The first-order valence-corrected chi connectivity index (χ1v) is 5.82. The molecule has 1 aliphatic carbocycles. The van der Waals surface area contributed by atoms with Gasteiger partial charge in [-0.15, -0.1) is 6.42 Å². The van der Waals surface area contributed by atoms with E-state index in [0.29, 0.717) is 6.54 Å². The van der Waals surface area contributed by atoms with Gasteiger partial charge >= 0.3 is 0 Å². The fourth-order valence-corrected chi connectivity index (χ4v) is 1.45. The quantitative estimate of drug-likeness (QED) is 0.299. The van der Waals surface area contributed by atoms with Crippen LogP contribution in [0.15, 0.2) is 4.99 Å². The molecule has 0 saturated heterocycles. The van der Waals surface area contributed by atoms with Crippen molar-refractivity contribution in [1.82, 2.24) is 10.6 Å². The second-order valence-electron chi connectivity index (χ2n) is 3.90. The number of nitrogens with one attached hydrogen (secondary N) is 2. The molecule has 0 aromatic rings. The molecule has 84 valence electrons. The number of rotatable bonds is 6. The minimum Gasteiger partial charge on any atom is -0.357 e. The molecular formula is C12H21N3. The topological polar surface area (TPSA) is 36.4 Å². The molecule has 0 aliphatic heterocycles. The maximum absolute atomic E-state index is 5.18. The van der Waals surface area contributed by atoms with E-state index in [-0.39, 0.29) is 0 Å². The molecule has 1 fully saturated rings. The Balaban J connectivity index is 2.13. The Labute approximate surface area is 92.7 Å². The summed E-state index contributed by atoms with van der Waals surface area (Å²) in [7, 11) is 0. The first-order chi connectivity index (χ1) is 7.36. The summed E-state index contributed by atoms with van der Waals surface area (Å²) in [4.78, 5) is 4.45. The average Bonchev–Trinajstić information content (AvgIpc) is 3.04. The molecule has 3 heteroatoms. The summed E-state index contributed by atoms with van der Waals surface area (Å²) in [6, 6.07) is 0. The van der Waals surface area contributed by atoms with E-state index in [4.69, 9.17) is 6.42 Å². The summed E-state index contributed by atoms with van der Waals surface area (Å²) >= 11 is 0. The van der Waals surface area contributed by atoms with Crippen LogP contribution in [0.1, 0.15) is 32.6 Å². The van der Waals surface area contributed by atoms with Crippen molar-refractivity contribution in [3.8, 4) is 12.3 Å². The standard InChI is InChI=1S/C12H21N3/c1-3-9-14-12(13-4-2)15-10-5-6-11-7-8-11/h1,11H,4-10H2,2H3,(H2,13,14,15). The predicted molar refractivity (Wildman–Crippen MR) is 64.8 cm³/mol. The Morgan fingerprint density at radius 2 is 2.27 bits per heavy atom. The third-order valence-corrected chi connectivity index (χ3v) is 2.44. The van der Waals surface area contributed by atoms with Crippen LogP contribution in [0, 0.1) is 18.3 Å². The van der Waals surface area contributed by atoms with Gasteiger partial charge in [0.1, 0.15) is 0 Å². The van der Waals surface area contributed by atoms with Crippen molar-refractivity contribution >= 4 is 5.96 Å². The van der Waals surface area contributed by atoms with Crippen molar-refractivity contribution in [1.29, 1.82) is 0 Å². The van der Waals surface area contributed by atoms with Crippen LogP contribution in [0.3, 0.4) is 0 Å². The van der Waals surface area contributed by atoms with E-state index < -0.39 is 0 Å². The fourth-order valence-electron chi connectivity index (χ4n) is 1.45. The van der Waals surface area contributed by atoms with E-state index >= 15 is 0 Å². The minimum absolute atomic E-state index is 0.536. The molecule has 0 heterocycles. The van der Waals surface area contributed by atoms with Gasteiger partial charge in [-0.05, 0) is 25.7 Å². The largest absolute Gasteiger partial charge is 0.357 e. The highest BCUT2D eigenvalue weighted by Crippen LogP contribution is 2.33. The second-order valence-corrected chi connectivity index (χ2v) is 3.90. The first kappa shape index (κ1) is 11.9. The Morgan fingerprint density at radius 3 is 2.87 bits per heavy atom. The zero-order chi connectivity index (χ0) is 10.9. The molecule has 1 rings (SSSR count). The van der Waals surface area contributed by atoms with Crippen LogP contribution in [0.4, 0.5) is 0 Å². The molecule has 0 aromatic heterocycles. The van der Waals surface area contributed by atoms with Crippen LogP contribution < -0.4 is 10.6 Å². The smallest absolute Gasteiger partial charge is 0.192 e. The van der Waals surface area contributed by atoms with Gasteiger partial charge in [-0.1, -0.05) is 18.8 Å². The van der Waals surface area contributed by atoms with Gasteiger partial charge in [0.25, 0.3) is 0 Å². The third-order valence-electron chi connectivity index (χ3n) is 2.44. The van der Waals surface area contributed by atoms with Crippen molar-refractivity contribution < 1.29 is 0 Å². The van der Waals surface area contributed by atoms with E-state index in [1.54, 1.807) is 0 Å². The Hall–Kier alpha value is -1.17. The highest BCUT2D eigenvalue weighted by Gasteiger charge is 2.19. The van der Waals surface area contributed by atoms with Gasteiger partial charge in [-0.3, -0.25) is 4.99 Å². The number of nitrogens with zero attached hydrogens (tertiary/aromatic N) is 1. The predicted octanol–water partition coefficient (Wildman–Crippen LogP) is 1.36. The van der Waals surface area contributed by atoms with Gasteiger partial charge in [0, 0.05) is 13.1 Å². The van der Waals surface area contributed by atoms with E-state index in [1.807, 2.05) is 0 Å². The lowest BCUT2D eigenvalue weighted by molar-refractivity contribution is 0.672. The fraction of sp³-hybridized carbons (Fsp3) is 0.750. The number of aliphatic imine (C=N–C) groups is 1. The van der Waals surface area contributed by atoms with Crippen LogP contribution in [0.5, 0.6) is 0 Å². The zero-order valence-electron chi connectivity index (χ0n) is 9.55. The molecule has 0 spiro atoms. The van der Waals surface area contributed by atoms with Gasteiger partial charge < -0.3 is 10.6 Å². The Morgan fingerprint density at radius 1 is 1.47 bits per heavy atom. The number of hydrogen-bond donors (Lipinski definition) is 2. The SMILES string of the molecule is C#CCNC(=NCCCC1CC1)NCC. The molecule has 0 radical (unpaired) electrons. The summed E-state index contributed by atoms with van der Waals surface area (Å²) in [6.07, 6.45) is 10.6. The third kappa shape index (κ3) is 6.01. The molecule has 15 heavy (non-hydrogen) atoms. The minimum atomic E-state index is 0.536. The summed E-state index contributed by atoms with van der Waals surface area (Å²) in [5, 5.41) is 6.24. The highest BCUT2D eigenvalue weighted by atomic mass is 15.2. The Bertz CT molecular complexity index is 236. The van der Waals surface area contributed by atoms with Crippen LogP contribution in [0.25, 0.3) is 0 Å². The van der Waals surface area contributed by atoms with Crippen molar-refractivity contribution in [2.75, 3.05) is 19.6 Å². The van der Waals surface area contributed by atoms with Crippen LogP contribution in [0.2, 0.25) is 0 Å². The molecule has 0 amide bonds. The second kappa shape index (κ2) is 7.17. The molecular weight excluding hydrogens is 186 g/mol. The molecule has 2 N–H and O–H groups in total. The van der Waals surface area contributed by atoms with Gasteiger partial charge in [-0.2, -0.15) is 0 Å². The highest BCUT2D eigenvalue weighted by molar-refractivity contribution is 5.79. The summed E-state index contributed by atoms with van der Waals surface area (Å²) in [6.45, 7) is 4.36. The number of hydrogen-bond acceptors (Lipinski definition) is 1. The lowest BCUT2D eigenvalue weighted by atomic mass is 10.2. The van der Waals surface area contributed by atoms with Crippen LogP contribution >= 0.6 is 0 Å². The van der Waals surface area contributed by atoms with Crippen molar-refractivity contribution in [2.24, 2.45) is 10.9 Å². The van der Waals surface area contributed by atoms with Crippen LogP contribution in [-0.4, -0.2) is 25.6 Å². The molecule has 0 atom stereocenters. The van der Waals surface area contributed by atoms with Crippen molar-refractivity contribution in [2.45, 2.75) is 32.6 Å². The van der Waals surface area contributed by atoms with E-state index in [1.165, 1.54) is 25.7 Å². The van der Waals surface area contributed by atoms with Crippen molar-refractivity contribution in [3.05, 3.63) is 0 Å². The maximum atomic E-state index is 5.18. The van der Waals surface area contributed by atoms with Gasteiger partial charge in [0.2, 0.25) is 0 Å². The molecule has 3 nitrogen and oxygen atoms in total. The van der Waals surface area contributed by atoms with E-state index in [0.717, 1.165) is 25.0 Å². The van der Waals surface area contributed by atoms with Crippen molar-refractivity contribution in [3.63, 3.8) is 0 Å². The van der Waals surface area contributed by atoms with Gasteiger partial charge in [0.05, 0.1) is 6.54 Å². The zero-order valence-corrected chi connectivity index (χ0v) is 9.55. The molecule has 0 aromatic carbocycles. The van der Waals surface area contributed by atoms with Gasteiger partial charge in [0.15, 0.2) is 5.96 Å². The number of guanidine groups is 1. The lowest BCUT2D eigenvalue weighted by Gasteiger charge is -2.08. The summed E-state index contributed by atoms with van der Waals surface area (Å²) in [5.41, 5.74) is 0. The van der Waals surface area contributed by atoms with Crippen LogP contribution in [-0.2, 0) is 0 Å². The summed E-state index contributed by atoms with van der Waals surface area (Å²) < 4.78 is 0. The first-order valence-electron chi connectivity index (χ1n) is 5.82. The molecule has 0 unspecified atom stereocenters. The normalized spacial score (nSPS) is 15.9. The van der Waals surface area contributed by atoms with E-state index in [9.17, 15) is 0 Å². The number of terminal acetylenes is 1. The molecule has 1 aliphatic rings. The van der Waals surface area contributed by atoms with E-state index in [2.05, 4.69) is 28.5 Å².